The highest BCUT2D eigenvalue weighted by atomic mass is 35.5. The maximum atomic E-state index is 5.78. The number of halogens is 1. The third-order valence-electron chi connectivity index (χ3n) is 2.11. The van der Waals surface area contributed by atoms with E-state index in [2.05, 4.69) is 11.2 Å². The molecule has 0 bridgehead atoms. The Balaban J connectivity index is 2.24. The van der Waals surface area contributed by atoms with Gasteiger partial charge in [-0.1, -0.05) is 24.9 Å². The van der Waals surface area contributed by atoms with Gasteiger partial charge in [-0.05, 0) is 24.8 Å². The Morgan fingerprint density at radius 1 is 1.50 bits per heavy atom. The monoisotopic (exact) mass is 235 g/mol. The van der Waals surface area contributed by atoms with E-state index in [4.69, 9.17) is 16.3 Å². The minimum absolute atomic E-state index is 0.844. The van der Waals surface area contributed by atoms with Gasteiger partial charge in [-0.3, -0.25) is 0 Å². The molecule has 1 saturated heterocycles. The van der Waals surface area contributed by atoms with Crippen LogP contribution in [0.15, 0.2) is 10.4 Å². The molecule has 82 valence electrons. The van der Waals surface area contributed by atoms with Crippen molar-refractivity contribution in [2.75, 3.05) is 26.3 Å². The second kappa shape index (κ2) is 7.57. The van der Waals surface area contributed by atoms with Gasteiger partial charge in [-0.25, -0.2) is 4.31 Å². The minimum atomic E-state index is 0.844. The van der Waals surface area contributed by atoms with Gasteiger partial charge in [0.15, 0.2) is 0 Å². The lowest BCUT2D eigenvalue weighted by Crippen LogP contribution is -2.31. The summed E-state index contributed by atoms with van der Waals surface area (Å²) in [6.07, 6.45) is 3.54. The number of hydrogen-bond donors (Lipinski definition) is 0. The maximum Gasteiger partial charge on any atom is 0.0603 e. The predicted octanol–water partition coefficient (Wildman–Crippen LogP) is 3.24. The molecule has 0 aromatic heterocycles. The molecule has 0 aromatic carbocycles. The van der Waals surface area contributed by atoms with Crippen LogP contribution >= 0.6 is 23.5 Å². The number of hydrogen-bond acceptors (Lipinski definition) is 3. The molecule has 1 aliphatic rings. The lowest BCUT2D eigenvalue weighted by molar-refractivity contribution is 0.0775. The molecule has 0 spiro atoms. The van der Waals surface area contributed by atoms with Gasteiger partial charge in [0, 0.05) is 23.5 Å². The molecular weight excluding hydrogens is 218 g/mol. The topological polar surface area (TPSA) is 12.5 Å². The zero-order chi connectivity index (χ0) is 10.2. The Labute approximate surface area is 95.8 Å². The van der Waals surface area contributed by atoms with Crippen LogP contribution in [0.25, 0.3) is 0 Å². The first-order chi connectivity index (χ1) is 6.86. The van der Waals surface area contributed by atoms with Crippen LogP contribution in [0.4, 0.5) is 0 Å². The Kier molecular flexibility index (Phi) is 6.69. The molecule has 0 N–H and O–H groups in total. The summed E-state index contributed by atoms with van der Waals surface area (Å²) < 4.78 is 7.62. The Morgan fingerprint density at radius 2 is 2.21 bits per heavy atom. The standard InChI is InChI=1S/C10H18ClNOS/c1-2-3-4-10(9-11)14-12-5-7-13-8-6-12/h9H,2-8H2,1H3/b10-9+. The number of allylic oxidation sites excluding steroid dienone is 1. The SMILES string of the molecule is CCCC/C(=C\Cl)SN1CCOCC1. The molecule has 14 heavy (non-hydrogen) atoms. The summed E-state index contributed by atoms with van der Waals surface area (Å²) in [6, 6.07) is 0. The smallest absolute Gasteiger partial charge is 0.0603 e. The zero-order valence-corrected chi connectivity index (χ0v) is 10.2. The molecule has 1 rings (SSSR count). The number of unbranched alkanes of at least 4 members (excludes halogenated alkanes) is 1. The third-order valence-corrected chi connectivity index (χ3v) is 3.69. The highest BCUT2D eigenvalue weighted by molar-refractivity contribution is 8.00. The average Bonchev–Trinajstić information content (AvgIpc) is 2.25. The van der Waals surface area contributed by atoms with Crippen LogP contribution in [0.2, 0.25) is 0 Å². The Morgan fingerprint density at radius 3 is 2.79 bits per heavy atom. The fourth-order valence-electron chi connectivity index (χ4n) is 1.27. The van der Waals surface area contributed by atoms with Crippen LogP contribution in [-0.4, -0.2) is 30.6 Å². The lowest BCUT2D eigenvalue weighted by atomic mass is 10.2. The first-order valence-corrected chi connectivity index (χ1v) is 6.37. The average molecular weight is 236 g/mol. The van der Waals surface area contributed by atoms with Gasteiger partial charge in [0.2, 0.25) is 0 Å². The van der Waals surface area contributed by atoms with Gasteiger partial charge in [0.1, 0.15) is 0 Å². The van der Waals surface area contributed by atoms with Gasteiger partial charge in [0.05, 0.1) is 13.2 Å². The quantitative estimate of drug-likeness (QED) is 0.679. The van der Waals surface area contributed by atoms with E-state index in [1.807, 2.05) is 0 Å². The van der Waals surface area contributed by atoms with Crippen molar-refractivity contribution in [3.05, 3.63) is 10.4 Å². The van der Waals surface area contributed by atoms with Crippen LogP contribution in [0.1, 0.15) is 26.2 Å². The molecule has 0 aromatic rings. The van der Waals surface area contributed by atoms with E-state index in [1.54, 1.807) is 17.5 Å². The minimum Gasteiger partial charge on any atom is -0.379 e. The van der Waals surface area contributed by atoms with Gasteiger partial charge < -0.3 is 4.74 Å². The fraction of sp³-hybridized carbons (Fsp3) is 0.800. The number of morpholine rings is 1. The van der Waals surface area contributed by atoms with Crippen molar-refractivity contribution < 1.29 is 4.74 Å². The number of nitrogens with zero attached hydrogens (tertiary/aromatic N) is 1. The largest absolute Gasteiger partial charge is 0.379 e. The van der Waals surface area contributed by atoms with Crippen molar-refractivity contribution in [3.8, 4) is 0 Å². The molecular formula is C10H18ClNOS. The van der Waals surface area contributed by atoms with Crippen LogP contribution in [-0.2, 0) is 4.74 Å². The first-order valence-electron chi connectivity index (χ1n) is 5.16. The summed E-state index contributed by atoms with van der Waals surface area (Å²) in [4.78, 5) is 1.27. The summed E-state index contributed by atoms with van der Waals surface area (Å²) in [7, 11) is 0. The van der Waals surface area contributed by atoms with Crippen LogP contribution in [0.3, 0.4) is 0 Å². The number of ether oxygens (including phenoxy) is 1. The molecule has 0 aliphatic carbocycles. The highest BCUT2D eigenvalue weighted by Crippen LogP contribution is 2.26. The van der Waals surface area contributed by atoms with E-state index in [9.17, 15) is 0 Å². The van der Waals surface area contributed by atoms with Crippen LogP contribution in [0, 0.1) is 0 Å². The molecule has 1 heterocycles. The van der Waals surface area contributed by atoms with Gasteiger partial charge in [-0.15, -0.1) is 0 Å². The van der Waals surface area contributed by atoms with E-state index in [0.717, 1.165) is 32.7 Å². The van der Waals surface area contributed by atoms with E-state index in [-0.39, 0.29) is 0 Å². The summed E-state index contributed by atoms with van der Waals surface area (Å²) in [5.41, 5.74) is 1.72. The fourth-order valence-corrected chi connectivity index (χ4v) is 2.44. The summed E-state index contributed by atoms with van der Waals surface area (Å²) in [6.45, 7) is 5.90. The summed E-state index contributed by atoms with van der Waals surface area (Å²) >= 11 is 7.57. The molecule has 2 nitrogen and oxygen atoms in total. The zero-order valence-electron chi connectivity index (χ0n) is 8.67. The van der Waals surface area contributed by atoms with Gasteiger partial charge in [-0.2, -0.15) is 0 Å². The summed E-state index contributed by atoms with van der Waals surface area (Å²) in [5, 5.41) is 0. The molecule has 1 aliphatic heterocycles. The van der Waals surface area contributed by atoms with Crippen molar-refractivity contribution in [1.29, 1.82) is 0 Å². The molecule has 0 radical (unpaired) electrons. The molecule has 1 fully saturated rings. The van der Waals surface area contributed by atoms with E-state index in [0.29, 0.717) is 0 Å². The van der Waals surface area contributed by atoms with E-state index >= 15 is 0 Å². The second-order valence-corrected chi connectivity index (χ2v) is 4.75. The third kappa shape index (κ3) is 4.69. The van der Waals surface area contributed by atoms with E-state index < -0.39 is 0 Å². The Bertz CT molecular complexity index is 181. The molecule has 0 saturated carbocycles. The van der Waals surface area contributed by atoms with Crippen molar-refractivity contribution >= 4 is 23.5 Å². The molecule has 0 unspecified atom stereocenters. The van der Waals surface area contributed by atoms with Crippen molar-refractivity contribution in [2.45, 2.75) is 26.2 Å². The molecule has 0 amide bonds. The highest BCUT2D eigenvalue weighted by Gasteiger charge is 2.12. The van der Waals surface area contributed by atoms with Gasteiger partial charge >= 0.3 is 0 Å². The van der Waals surface area contributed by atoms with Gasteiger partial charge in [0.25, 0.3) is 0 Å². The summed E-state index contributed by atoms with van der Waals surface area (Å²) in [5.74, 6) is 0. The van der Waals surface area contributed by atoms with E-state index in [1.165, 1.54) is 17.7 Å². The first kappa shape index (κ1) is 12.4. The predicted molar refractivity (Wildman–Crippen MR) is 63.4 cm³/mol. The van der Waals surface area contributed by atoms with Crippen molar-refractivity contribution in [2.24, 2.45) is 0 Å². The Hall–Kier alpha value is 0.300. The lowest BCUT2D eigenvalue weighted by Gasteiger charge is -2.26. The maximum absolute atomic E-state index is 5.78. The number of rotatable bonds is 5. The van der Waals surface area contributed by atoms with Crippen LogP contribution in [0.5, 0.6) is 0 Å². The van der Waals surface area contributed by atoms with Crippen LogP contribution < -0.4 is 0 Å². The van der Waals surface area contributed by atoms with Crippen molar-refractivity contribution in [1.82, 2.24) is 4.31 Å². The molecule has 0 atom stereocenters. The molecule has 4 heteroatoms. The van der Waals surface area contributed by atoms with Crippen molar-refractivity contribution in [3.63, 3.8) is 0 Å². The normalized spacial score (nSPS) is 20.0. The second-order valence-electron chi connectivity index (χ2n) is 3.31.